The number of nitrogens with zero attached hydrogens (tertiary/aromatic N) is 4. The highest BCUT2D eigenvalue weighted by atomic mass is 16.2. The zero-order valence-electron chi connectivity index (χ0n) is 16.7. The van der Waals surface area contributed by atoms with E-state index in [-0.39, 0.29) is 5.91 Å². The van der Waals surface area contributed by atoms with Gasteiger partial charge in [0.2, 0.25) is 0 Å². The van der Waals surface area contributed by atoms with E-state index in [2.05, 4.69) is 53.4 Å². The molecule has 0 aliphatic carbocycles. The highest BCUT2D eigenvalue weighted by Gasteiger charge is 2.14. The van der Waals surface area contributed by atoms with Gasteiger partial charge in [0, 0.05) is 31.7 Å². The van der Waals surface area contributed by atoms with Gasteiger partial charge in [0.15, 0.2) is 11.5 Å². The predicted molar refractivity (Wildman–Crippen MR) is 111 cm³/mol. The minimum atomic E-state index is -0.143. The number of hydrogen-bond donors (Lipinski definition) is 1. The van der Waals surface area contributed by atoms with Crippen LogP contribution in [0.15, 0.2) is 48.8 Å². The Balaban J connectivity index is 1.64. The second kappa shape index (κ2) is 8.61. The number of aryl methyl sites for hydroxylation is 3. The molecule has 0 aliphatic rings. The molecule has 6 nitrogen and oxygen atoms in total. The van der Waals surface area contributed by atoms with Crippen LogP contribution in [0, 0.1) is 20.8 Å². The lowest BCUT2D eigenvalue weighted by Crippen LogP contribution is -2.29. The Bertz CT molecular complexity index is 931. The van der Waals surface area contributed by atoms with Gasteiger partial charge < -0.3 is 10.2 Å². The molecule has 6 heteroatoms. The Morgan fingerprint density at radius 1 is 1.00 bits per heavy atom. The number of carbonyl (C=O) groups excluding carboxylic acids is 1. The first-order valence-corrected chi connectivity index (χ1v) is 9.27. The van der Waals surface area contributed by atoms with Crippen molar-refractivity contribution >= 4 is 17.4 Å². The maximum Gasteiger partial charge on any atom is 0.274 e. The van der Waals surface area contributed by atoms with E-state index >= 15 is 0 Å². The number of likely N-dealkylation sites (N-methyl/N-ethyl adjacent to an activating group) is 1. The molecule has 0 atom stereocenters. The molecule has 0 aliphatic heterocycles. The highest BCUT2D eigenvalue weighted by molar-refractivity contribution is 5.92. The number of aromatic nitrogens is 3. The molecule has 3 rings (SSSR count). The van der Waals surface area contributed by atoms with E-state index in [1.807, 2.05) is 12.1 Å². The summed E-state index contributed by atoms with van der Waals surface area (Å²) in [7, 11) is 1.77. The van der Waals surface area contributed by atoms with Crippen molar-refractivity contribution in [3.05, 3.63) is 76.7 Å². The molecule has 3 aromatic rings. The fourth-order valence-electron chi connectivity index (χ4n) is 3.16. The molecule has 1 amide bonds. The number of nitrogens with one attached hydrogen (secondary N) is 1. The van der Waals surface area contributed by atoms with Crippen molar-refractivity contribution in [3.8, 4) is 0 Å². The van der Waals surface area contributed by atoms with Crippen LogP contribution in [0.4, 0.5) is 11.5 Å². The average Bonchev–Trinajstić information content (AvgIpc) is 2.69. The van der Waals surface area contributed by atoms with Gasteiger partial charge >= 0.3 is 0 Å². The fraction of sp³-hybridized carbons (Fsp3) is 0.273. The van der Waals surface area contributed by atoms with Crippen molar-refractivity contribution in [2.75, 3.05) is 18.9 Å². The summed E-state index contributed by atoms with van der Waals surface area (Å²) in [5, 5.41) is 11.6. The molecule has 0 radical (unpaired) electrons. The standard InChI is InChI=1S/C22H25N5O/c1-15-13-16(2)21(17(3)14-15)24-20-6-5-19(25-26-20)22(28)27(4)12-9-18-7-10-23-11-8-18/h5-8,10-11,13-14H,9,12H2,1-4H3,(H,24,26). The lowest BCUT2D eigenvalue weighted by molar-refractivity contribution is 0.0789. The van der Waals surface area contributed by atoms with Crippen molar-refractivity contribution in [2.45, 2.75) is 27.2 Å². The largest absolute Gasteiger partial charge is 0.340 e. The van der Waals surface area contributed by atoms with E-state index < -0.39 is 0 Å². The zero-order valence-corrected chi connectivity index (χ0v) is 16.7. The lowest BCUT2D eigenvalue weighted by Gasteiger charge is -2.17. The summed E-state index contributed by atoms with van der Waals surface area (Å²) in [5.74, 6) is 0.474. The maximum absolute atomic E-state index is 12.6. The molecule has 0 saturated carbocycles. The molecule has 1 N–H and O–H groups in total. The van der Waals surface area contributed by atoms with Gasteiger partial charge in [-0.2, -0.15) is 0 Å². The molecule has 2 aromatic heterocycles. The molecule has 0 spiro atoms. The van der Waals surface area contributed by atoms with Crippen molar-refractivity contribution < 1.29 is 4.79 Å². The molecule has 1 aromatic carbocycles. The highest BCUT2D eigenvalue weighted by Crippen LogP contribution is 2.24. The molecular formula is C22H25N5O. The van der Waals surface area contributed by atoms with Gasteiger partial charge in [-0.15, -0.1) is 10.2 Å². The lowest BCUT2D eigenvalue weighted by atomic mass is 10.1. The maximum atomic E-state index is 12.6. The Morgan fingerprint density at radius 3 is 2.29 bits per heavy atom. The second-order valence-corrected chi connectivity index (χ2v) is 7.03. The van der Waals surface area contributed by atoms with Crippen LogP contribution in [0.5, 0.6) is 0 Å². The SMILES string of the molecule is Cc1cc(C)c(Nc2ccc(C(=O)N(C)CCc3ccncc3)nn2)c(C)c1. The minimum absolute atomic E-state index is 0.143. The summed E-state index contributed by atoms with van der Waals surface area (Å²) in [6, 6.07) is 11.6. The summed E-state index contributed by atoms with van der Waals surface area (Å²) in [6.07, 6.45) is 4.28. The van der Waals surface area contributed by atoms with Crippen LogP contribution in [-0.2, 0) is 6.42 Å². The Kier molecular flexibility index (Phi) is 5.99. The van der Waals surface area contributed by atoms with Crippen LogP contribution >= 0.6 is 0 Å². The van der Waals surface area contributed by atoms with Crippen molar-refractivity contribution in [1.82, 2.24) is 20.1 Å². The van der Waals surface area contributed by atoms with Gasteiger partial charge in [-0.1, -0.05) is 17.7 Å². The first kappa shape index (κ1) is 19.5. The number of hydrogen-bond acceptors (Lipinski definition) is 5. The van der Waals surface area contributed by atoms with Crippen LogP contribution in [0.25, 0.3) is 0 Å². The summed E-state index contributed by atoms with van der Waals surface area (Å²) in [4.78, 5) is 18.2. The number of benzene rings is 1. The van der Waals surface area contributed by atoms with E-state index in [0.29, 0.717) is 18.1 Å². The summed E-state index contributed by atoms with van der Waals surface area (Å²) >= 11 is 0. The topological polar surface area (TPSA) is 71.0 Å². The third kappa shape index (κ3) is 4.71. The first-order chi connectivity index (χ1) is 13.4. The Morgan fingerprint density at radius 2 is 1.68 bits per heavy atom. The van der Waals surface area contributed by atoms with Crippen molar-refractivity contribution in [3.63, 3.8) is 0 Å². The number of anilines is 2. The molecule has 0 saturated heterocycles. The summed E-state index contributed by atoms with van der Waals surface area (Å²) < 4.78 is 0. The number of amides is 1. The van der Waals surface area contributed by atoms with Crippen LogP contribution in [0.3, 0.4) is 0 Å². The molecule has 0 unspecified atom stereocenters. The van der Waals surface area contributed by atoms with Gasteiger partial charge in [-0.05, 0) is 68.1 Å². The van der Waals surface area contributed by atoms with E-state index in [1.54, 1.807) is 36.5 Å². The number of rotatable bonds is 6. The van der Waals surface area contributed by atoms with E-state index in [4.69, 9.17) is 0 Å². The summed E-state index contributed by atoms with van der Waals surface area (Å²) in [6.45, 7) is 6.80. The molecule has 28 heavy (non-hydrogen) atoms. The Hall–Kier alpha value is -3.28. The monoisotopic (exact) mass is 375 g/mol. The Labute approximate surface area is 165 Å². The molecule has 2 heterocycles. The third-order valence-corrected chi connectivity index (χ3v) is 4.65. The van der Waals surface area contributed by atoms with Crippen LogP contribution in [0.1, 0.15) is 32.7 Å². The van der Waals surface area contributed by atoms with Crippen LogP contribution in [0.2, 0.25) is 0 Å². The molecule has 0 fully saturated rings. The van der Waals surface area contributed by atoms with E-state index in [9.17, 15) is 4.79 Å². The second-order valence-electron chi connectivity index (χ2n) is 7.03. The normalized spacial score (nSPS) is 10.6. The van der Waals surface area contributed by atoms with Gasteiger partial charge in [-0.25, -0.2) is 0 Å². The molecule has 144 valence electrons. The number of carbonyl (C=O) groups is 1. The zero-order chi connectivity index (χ0) is 20.1. The fourth-order valence-corrected chi connectivity index (χ4v) is 3.16. The minimum Gasteiger partial charge on any atom is -0.340 e. The van der Waals surface area contributed by atoms with Crippen LogP contribution in [-0.4, -0.2) is 39.6 Å². The van der Waals surface area contributed by atoms with Crippen molar-refractivity contribution in [1.29, 1.82) is 0 Å². The quantitative estimate of drug-likeness (QED) is 0.708. The number of pyridine rings is 1. The van der Waals surface area contributed by atoms with E-state index in [1.165, 1.54) is 5.56 Å². The van der Waals surface area contributed by atoms with Crippen molar-refractivity contribution in [2.24, 2.45) is 0 Å². The predicted octanol–water partition coefficient (Wildman–Crippen LogP) is 3.86. The van der Waals surface area contributed by atoms with Crippen LogP contribution < -0.4 is 5.32 Å². The van der Waals surface area contributed by atoms with E-state index in [0.717, 1.165) is 28.8 Å². The molecular weight excluding hydrogens is 350 g/mol. The van der Waals surface area contributed by atoms with Gasteiger partial charge in [0.05, 0.1) is 0 Å². The third-order valence-electron chi connectivity index (χ3n) is 4.65. The smallest absolute Gasteiger partial charge is 0.274 e. The van der Waals surface area contributed by atoms with Gasteiger partial charge in [0.25, 0.3) is 5.91 Å². The van der Waals surface area contributed by atoms with Gasteiger partial charge in [0.1, 0.15) is 0 Å². The molecule has 0 bridgehead atoms. The average molecular weight is 375 g/mol. The summed E-state index contributed by atoms with van der Waals surface area (Å²) in [5.41, 5.74) is 6.02. The van der Waals surface area contributed by atoms with Gasteiger partial charge in [-0.3, -0.25) is 9.78 Å². The first-order valence-electron chi connectivity index (χ1n) is 9.27.